The van der Waals surface area contributed by atoms with Crippen LogP contribution in [0.4, 0.5) is 0 Å². The Bertz CT molecular complexity index is 676. The van der Waals surface area contributed by atoms with Gasteiger partial charge >= 0.3 is 13.5 Å². The molecule has 0 bridgehead atoms. The average molecular weight is 322 g/mol. The summed E-state index contributed by atoms with van der Waals surface area (Å²) < 4.78 is 21.4. The predicted molar refractivity (Wildman–Crippen MR) is 68.6 cm³/mol. The first-order chi connectivity index (χ1) is 9.67. The van der Waals surface area contributed by atoms with Gasteiger partial charge in [-0.1, -0.05) is 0 Å². The van der Waals surface area contributed by atoms with Gasteiger partial charge in [-0.05, 0) is 6.92 Å². The third kappa shape index (κ3) is 3.88. The van der Waals surface area contributed by atoms with Gasteiger partial charge in [0, 0.05) is 18.2 Å². The highest BCUT2D eigenvalue weighted by molar-refractivity contribution is 7.46. The number of aryl methyl sites for hydroxylation is 1. The summed E-state index contributed by atoms with van der Waals surface area (Å²) in [6.07, 6.45) is -1.57. The van der Waals surface area contributed by atoms with E-state index < -0.39 is 44.1 Å². The Morgan fingerprint density at radius 1 is 1.52 bits per heavy atom. The van der Waals surface area contributed by atoms with Gasteiger partial charge in [-0.2, -0.15) is 0 Å². The maximum absolute atomic E-state index is 11.7. The number of hydrogen-bond acceptors (Lipinski definition) is 6. The third-order valence-electron chi connectivity index (χ3n) is 3.07. The number of aromatic amines is 1. The molecule has 2 rings (SSSR count). The van der Waals surface area contributed by atoms with E-state index in [0.717, 1.165) is 4.57 Å². The van der Waals surface area contributed by atoms with Crippen molar-refractivity contribution >= 4 is 7.82 Å². The smallest absolute Gasteiger partial charge is 0.390 e. The standard InChI is InChI=1S/C10H15N2O8P/c1-5-3-12(10(15)11-9(5)14)8-2-6(13)7(20-8)4-19-21(16,17)18/h3,6-8,13H,2,4H2,1H3,(H,11,14,15)(H2,16,17,18)/t6-,7+,8?/m1/s1. The topological polar surface area (TPSA) is 151 Å². The van der Waals surface area contributed by atoms with Gasteiger partial charge in [0.1, 0.15) is 12.3 Å². The number of nitrogens with one attached hydrogen (secondary N) is 1. The molecule has 1 unspecified atom stereocenters. The summed E-state index contributed by atoms with van der Waals surface area (Å²) in [5.74, 6) is 0. The maximum atomic E-state index is 11.7. The van der Waals surface area contributed by atoms with Crippen molar-refractivity contribution in [2.75, 3.05) is 6.61 Å². The molecular formula is C10H15N2O8P. The lowest BCUT2D eigenvalue weighted by molar-refractivity contribution is -0.0451. The zero-order chi connectivity index (χ0) is 15.8. The maximum Gasteiger partial charge on any atom is 0.469 e. The number of aliphatic hydroxyl groups excluding tert-OH is 1. The lowest BCUT2D eigenvalue weighted by atomic mass is 10.2. The van der Waals surface area contributed by atoms with E-state index in [9.17, 15) is 19.3 Å². The van der Waals surface area contributed by atoms with Crippen molar-refractivity contribution in [1.29, 1.82) is 0 Å². The molecule has 11 heteroatoms. The highest BCUT2D eigenvalue weighted by Crippen LogP contribution is 2.38. The molecule has 21 heavy (non-hydrogen) atoms. The first-order valence-electron chi connectivity index (χ1n) is 6.03. The predicted octanol–water partition coefficient (Wildman–Crippen LogP) is -1.40. The Morgan fingerprint density at radius 3 is 2.81 bits per heavy atom. The molecule has 0 spiro atoms. The number of phosphoric acid groups is 1. The molecule has 0 aromatic carbocycles. The normalized spacial score (nSPS) is 26.2. The van der Waals surface area contributed by atoms with Gasteiger partial charge in [-0.3, -0.25) is 18.9 Å². The van der Waals surface area contributed by atoms with Gasteiger partial charge in [0.25, 0.3) is 5.56 Å². The Labute approximate surface area is 118 Å². The van der Waals surface area contributed by atoms with Crippen molar-refractivity contribution in [1.82, 2.24) is 9.55 Å². The van der Waals surface area contributed by atoms with E-state index in [2.05, 4.69) is 9.51 Å². The summed E-state index contributed by atoms with van der Waals surface area (Å²) in [7, 11) is -4.67. The summed E-state index contributed by atoms with van der Waals surface area (Å²) in [5, 5.41) is 9.79. The zero-order valence-electron chi connectivity index (χ0n) is 11.0. The lowest BCUT2D eigenvalue weighted by Gasteiger charge is -2.16. The fraction of sp³-hybridized carbons (Fsp3) is 0.600. The SMILES string of the molecule is Cc1cn(C2C[C@@H](O)[C@H](COP(=O)(O)O)O2)c(=O)[nH]c1=O. The first kappa shape index (κ1) is 16.1. The molecule has 0 saturated carbocycles. The van der Waals surface area contributed by atoms with Crippen molar-refractivity contribution in [2.24, 2.45) is 0 Å². The van der Waals surface area contributed by atoms with E-state index in [1.807, 2.05) is 0 Å². The van der Waals surface area contributed by atoms with Gasteiger partial charge in [0.05, 0.1) is 12.7 Å². The molecule has 1 fully saturated rings. The van der Waals surface area contributed by atoms with Crippen LogP contribution >= 0.6 is 7.82 Å². The minimum atomic E-state index is -4.67. The summed E-state index contributed by atoms with van der Waals surface area (Å²) in [6, 6.07) is 0. The highest BCUT2D eigenvalue weighted by Gasteiger charge is 2.37. The zero-order valence-corrected chi connectivity index (χ0v) is 11.9. The highest BCUT2D eigenvalue weighted by atomic mass is 31.2. The molecule has 0 radical (unpaired) electrons. The number of phosphoric ester groups is 1. The van der Waals surface area contributed by atoms with Crippen molar-refractivity contribution in [3.05, 3.63) is 32.6 Å². The minimum absolute atomic E-state index is 0.0283. The number of aromatic nitrogens is 2. The molecule has 2 heterocycles. The van der Waals surface area contributed by atoms with Crippen LogP contribution in [-0.2, 0) is 13.8 Å². The first-order valence-corrected chi connectivity index (χ1v) is 7.56. The molecular weight excluding hydrogens is 307 g/mol. The van der Waals surface area contributed by atoms with Crippen molar-refractivity contribution in [3.8, 4) is 0 Å². The van der Waals surface area contributed by atoms with E-state index >= 15 is 0 Å². The van der Waals surface area contributed by atoms with Crippen molar-refractivity contribution < 1.29 is 28.7 Å². The fourth-order valence-electron chi connectivity index (χ4n) is 2.01. The molecule has 3 atom stereocenters. The summed E-state index contributed by atoms with van der Waals surface area (Å²) in [4.78, 5) is 42.3. The molecule has 1 aromatic heterocycles. The van der Waals surface area contributed by atoms with Crippen LogP contribution in [-0.4, -0.2) is 43.3 Å². The van der Waals surface area contributed by atoms with E-state index in [-0.39, 0.29) is 6.42 Å². The van der Waals surface area contributed by atoms with Gasteiger partial charge in [0.15, 0.2) is 0 Å². The molecule has 1 aliphatic heterocycles. The van der Waals surface area contributed by atoms with Gasteiger partial charge in [0.2, 0.25) is 0 Å². The molecule has 0 aliphatic carbocycles. The largest absolute Gasteiger partial charge is 0.469 e. The number of rotatable bonds is 4. The van der Waals surface area contributed by atoms with E-state index in [0.29, 0.717) is 5.56 Å². The van der Waals surface area contributed by atoms with Gasteiger partial charge in [-0.25, -0.2) is 9.36 Å². The molecule has 4 N–H and O–H groups in total. The second-order valence-electron chi connectivity index (χ2n) is 4.70. The van der Waals surface area contributed by atoms with Crippen LogP contribution in [0.3, 0.4) is 0 Å². The Kier molecular flexibility index (Phi) is 4.47. The number of hydrogen-bond donors (Lipinski definition) is 4. The van der Waals surface area contributed by atoms with Gasteiger partial charge < -0.3 is 19.6 Å². The Hall–Kier alpha value is -1.29. The van der Waals surface area contributed by atoms with Crippen LogP contribution in [0.25, 0.3) is 0 Å². The molecule has 118 valence electrons. The molecule has 1 aliphatic rings. The number of aliphatic hydroxyl groups is 1. The molecule has 1 aromatic rings. The second kappa shape index (κ2) is 5.84. The quantitative estimate of drug-likeness (QED) is 0.494. The summed E-state index contributed by atoms with van der Waals surface area (Å²) in [6.45, 7) is 0.994. The molecule has 0 amide bonds. The fourth-order valence-corrected chi connectivity index (χ4v) is 2.35. The summed E-state index contributed by atoms with van der Waals surface area (Å²) >= 11 is 0. The van der Waals surface area contributed by atoms with Gasteiger partial charge in [-0.15, -0.1) is 0 Å². The van der Waals surface area contributed by atoms with E-state index in [4.69, 9.17) is 14.5 Å². The van der Waals surface area contributed by atoms with Crippen LogP contribution in [0.5, 0.6) is 0 Å². The summed E-state index contributed by atoms with van der Waals surface area (Å²) in [5.41, 5.74) is -0.918. The molecule has 10 nitrogen and oxygen atoms in total. The van der Waals surface area contributed by atoms with Crippen molar-refractivity contribution in [2.45, 2.75) is 31.8 Å². The lowest BCUT2D eigenvalue weighted by Crippen LogP contribution is -2.33. The van der Waals surface area contributed by atoms with Crippen molar-refractivity contribution in [3.63, 3.8) is 0 Å². The van der Waals surface area contributed by atoms with Crippen LogP contribution in [0.15, 0.2) is 15.8 Å². The van der Waals surface area contributed by atoms with Crippen LogP contribution in [0, 0.1) is 6.92 Å². The number of H-pyrrole nitrogens is 1. The minimum Gasteiger partial charge on any atom is -0.390 e. The van der Waals surface area contributed by atoms with Crippen LogP contribution in [0.2, 0.25) is 0 Å². The van der Waals surface area contributed by atoms with Crippen LogP contribution in [0.1, 0.15) is 18.2 Å². The second-order valence-corrected chi connectivity index (χ2v) is 5.94. The third-order valence-corrected chi connectivity index (χ3v) is 3.55. The number of ether oxygens (including phenoxy) is 1. The monoisotopic (exact) mass is 322 g/mol. The van der Waals surface area contributed by atoms with Crippen LogP contribution < -0.4 is 11.2 Å². The molecule has 1 saturated heterocycles. The van der Waals surface area contributed by atoms with E-state index in [1.165, 1.54) is 13.1 Å². The van der Waals surface area contributed by atoms with E-state index in [1.54, 1.807) is 0 Å². The Balaban J connectivity index is 2.14. The number of nitrogens with zero attached hydrogens (tertiary/aromatic N) is 1. The Morgan fingerprint density at radius 2 is 2.19 bits per heavy atom. The average Bonchev–Trinajstić information content (AvgIpc) is 2.72.